The van der Waals surface area contributed by atoms with Crippen molar-refractivity contribution in [3.8, 4) is 0 Å². The van der Waals surface area contributed by atoms with E-state index in [1.165, 1.54) is 26.2 Å². The van der Waals surface area contributed by atoms with Crippen LogP contribution in [0.1, 0.15) is 45.4 Å². The summed E-state index contributed by atoms with van der Waals surface area (Å²) in [5.41, 5.74) is -0.372. The number of piperazine rings is 1. The molecule has 1 saturated heterocycles. The van der Waals surface area contributed by atoms with Gasteiger partial charge in [-0.25, -0.2) is 4.79 Å². The Morgan fingerprint density at radius 3 is 2.35 bits per heavy atom. The van der Waals surface area contributed by atoms with E-state index in [0.29, 0.717) is 6.54 Å². The van der Waals surface area contributed by atoms with Gasteiger partial charge in [0.15, 0.2) is 0 Å². The van der Waals surface area contributed by atoms with Gasteiger partial charge in [0.2, 0.25) is 0 Å². The Bertz CT molecular complexity index is 351. The molecule has 2 rings (SSSR count). The first kappa shape index (κ1) is 18.5. The first-order chi connectivity index (χ1) is 11.2. The minimum absolute atomic E-state index is 0.0458. The molecular formula is C17H34N4O2. The van der Waals surface area contributed by atoms with E-state index in [0.717, 1.165) is 51.6 Å². The minimum atomic E-state index is -0.372. The van der Waals surface area contributed by atoms with E-state index in [2.05, 4.69) is 27.4 Å². The number of aliphatic hydroxyl groups is 1. The second-order valence-electron chi connectivity index (χ2n) is 7.01. The molecule has 134 valence electrons. The molecule has 0 aromatic rings. The summed E-state index contributed by atoms with van der Waals surface area (Å²) in [6.45, 7) is 9.96. The predicted octanol–water partition coefficient (Wildman–Crippen LogP) is 1.01. The zero-order valence-corrected chi connectivity index (χ0v) is 14.6. The molecule has 6 heteroatoms. The zero-order valence-electron chi connectivity index (χ0n) is 14.6. The van der Waals surface area contributed by atoms with E-state index in [1.807, 2.05) is 0 Å². The van der Waals surface area contributed by atoms with Crippen molar-refractivity contribution >= 4 is 6.03 Å². The predicted molar refractivity (Wildman–Crippen MR) is 92.6 cm³/mol. The van der Waals surface area contributed by atoms with Crippen molar-refractivity contribution in [2.24, 2.45) is 0 Å². The fraction of sp³-hybridized carbons (Fsp3) is 0.941. The van der Waals surface area contributed by atoms with Crippen molar-refractivity contribution in [1.82, 2.24) is 20.4 Å². The highest BCUT2D eigenvalue weighted by molar-refractivity contribution is 5.74. The number of unbranched alkanes of at least 4 members (excludes halogenated alkanes) is 1. The molecule has 0 radical (unpaired) electrons. The van der Waals surface area contributed by atoms with Gasteiger partial charge in [0, 0.05) is 32.7 Å². The summed E-state index contributed by atoms with van der Waals surface area (Å²) in [5.74, 6) is 0. The number of carbonyl (C=O) groups excluding carboxylic acids is 1. The van der Waals surface area contributed by atoms with Crippen molar-refractivity contribution in [3.05, 3.63) is 0 Å². The Labute approximate surface area is 140 Å². The minimum Gasteiger partial charge on any atom is -0.394 e. The molecule has 0 aromatic heterocycles. The average molecular weight is 326 g/mol. The third kappa shape index (κ3) is 5.94. The molecule has 1 aliphatic heterocycles. The number of likely N-dealkylation sites (N-methyl/N-ethyl adjacent to an activating group) is 1. The Morgan fingerprint density at radius 1 is 1.09 bits per heavy atom. The Hall–Kier alpha value is -0.850. The Kier molecular flexibility index (Phi) is 7.59. The highest BCUT2D eigenvalue weighted by Gasteiger charge is 2.34. The van der Waals surface area contributed by atoms with Crippen LogP contribution in [-0.4, -0.2) is 78.9 Å². The smallest absolute Gasteiger partial charge is 0.315 e. The fourth-order valence-corrected chi connectivity index (χ4v) is 3.65. The highest BCUT2D eigenvalue weighted by atomic mass is 16.3. The quantitative estimate of drug-likeness (QED) is 0.582. The molecule has 0 spiro atoms. The van der Waals surface area contributed by atoms with E-state index in [1.54, 1.807) is 0 Å². The van der Waals surface area contributed by atoms with Gasteiger partial charge in [-0.3, -0.25) is 0 Å². The van der Waals surface area contributed by atoms with Crippen LogP contribution >= 0.6 is 0 Å². The van der Waals surface area contributed by atoms with Crippen molar-refractivity contribution in [2.45, 2.75) is 51.0 Å². The van der Waals surface area contributed by atoms with Crippen LogP contribution in [0.15, 0.2) is 0 Å². The van der Waals surface area contributed by atoms with Gasteiger partial charge in [-0.15, -0.1) is 0 Å². The standard InChI is InChI=1S/C17H34N4O2/c1-2-20-11-13-21(14-12-20)10-6-5-9-18-16(23)19-17(15-22)7-3-4-8-17/h22H,2-15H2,1H3,(H2,18,19,23). The fourth-order valence-electron chi connectivity index (χ4n) is 3.65. The first-order valence-corrected chi connectivity index (χ1v) is 9.29. The third-order valence-corrected chi connectivity index (χ3v) is 5.34. The first-order valence-electron chi connectivity index (χ1n) is 9.29. The van der Waals surface area contributed by atoms with Crippen LogP contribution in [0.2, 0.25) is 0 Å². The molecule has 0 unspecified atom stereocenters. The van der Waals surface area contributed by atoms with Gasteiger partial charge in [0.25, 0.3) is 0 Å². The summed E-state index contributed by atoms with van der Waals surface area (Å²) in [6, 6.07) is -0.127. The van der Waals surface area contributed by atoms with Crippen molar-refractivity contribution < 1.29 is 9.90 Å². The summed E-state index contributed by atoms with van der Waals surface area (Å²) in [4.78, 5) is 17.0. The van der Waals surface area contributed by atoms with Crippen LogP contribution in [0.4, 0.5) is 4.79 Å². The number of amides is 2. The third-order valence-electron chi connectivity index (χ3n) is 5.34. The molecule has 0 atom stereocenters. The van der Waals surface area contributed by atoms with Gasteiger partial charge < -0.3 is 25.5 Å². The van der Waals surface area contributed by atoms with Crippen LogP contribution < -0.4 is 10.6 Å². The lowest BCUT2D eigenvalue weighted by molar-refractivity contribution is 0.135. The number of nitrogens with zero attached hydrogens (tertiary/aromatic N) is 2. The summed E-state index contributed by atoms with van der Waals surface area (Å²) in [7, 11) is 0. The lowest BCUT2D eigenvalue weighted by atomic mass is 9.99. The molecule has 2 aliphatic rings. The van der Waals surface area contributed by atoms with Crippen LogP contribution in [-0.2, 0) is 0 Å². The molecule has 23 heavy (non-hydrogen) atoms. The number of rotatable bonds is 8. The van der Waals surface area contributed by atoms with Gasteiger partial charge in [-0.05, 0) is 38.8 Å². The highest BCUT2D eigenvalue weighted by Crippen LogP contribution is 2.28. The summed E-state index contributed by atoms with van der Waals surface area (Å²) in [5, 5.41) is 15.4. The molecule has 6 nitrogen and oxygen atoms in total. The second-order valence-corrected chi connectivity index (χ2v) is 7.01. The van der Waals surface area contributed by atoms with Crippen molar-refractivity contribution in [2.75, 3.05) is 52.4 Å². The average Bonchev–Trinajstić information content (AvgIpc) is 3.04. The summed E-state index contributed by atoms with van der Waals surface area (Å²) >= 11 is 0. The SMILES string of the molecule is CCN1CCN(CCCCNC(=O)NC2(CO)CCCC2)CC1. The lowest BCUT2D eigenvalue weighted by Gasteiger charge is -2.34. The molecule has 2 amide bonds. The number of nitrogens with one attached hydrogen (secondary N) is 2. The van der Waals surface area contributed by atoms with E-state index in [-0.39, 0.29) is 18.2 Å². The van der Waals surface area contributed by atoms with Crippen LogP contribution in [0.3, 0.4) is 0 Å². The molecule has 1 heterocycles. The molecule has 3 N–H and O–H groups in total. The maximum Gasteiger partial charge on any atom is 0.315 e. The van der Waals surface area contributed by atoms with Crippen molar-refractivity contribution in [3.63, 3.8) is 0 Å². The largest absolute Gasteiger partial charge is 0.394 e. The number of aliphatic hydroxyl groups excluding tert-OH is 1. The number of hydrogen-bond acceptors (Lipinski definition) is 4. The van der Waals surface area contributed by atoms with E-state index in [9.17, 15) is 9.90 Å². The molecule has 1 aliphatic carbocycles. The monoisotopic (exact) mass is 326 g/mol. The Balaban J connectivity index is 1.51. The van der Waals surface area contributed by atoms with Crippen LogP contribution in [0, 0.1) is 0 Å². The van der Waals surface area contributed by atoms with Gasteiger partial charge in [-0.1, -0.05) is 19.8 Å². The van der Waals surface area contributed by atoms with Gasteiger partial charge in [-0.2, -0.15) is 0 Å². The van der Waals surface area contributed by atoms with E-state index in [4.69, 9.17) is 0 Å². The normalized spacial score (nSPS) is 22.2. The molecule has 2 fully saturated rings. The number of hydrogen-bond donors (Lipinski definition) is 3. The number of urea groups is 1. The zero-order chi connectivity index (χ0) is 16.5. The number of carbonyl (C=O) groups is 1. The van der Waals surface area contributed by atoms with Gasteiger partial charge in [0.1, 0.15) is 0 Å². The van der Waals surface area contributed by atoms with Gasteiger partial charge in [0.05, 0.1) is 12.1 Å². The van der Waals surface area contributed by atoms with Crippen LogP contribution in [0.25, 0.3) is 0 Å². The topological polar surface area (TPSA) is 67.8 Å². The van der Waals surface area contributed by atoms with E-state index >= 15 is 0 Å². The van der Waals surface area contributed by atoms with Gasteiger partial charge >= 0.3 is 6.03 Å². The molecule has 1 saturated carbocycles. The maximum atomic E-state index is 11.9. The molecular weight excluding hydrogens is 292 g/mol. The molecule has 0 bridgehead atoms. The van der Waals surface area contributed by atoms with Crippen molar-refractivity contribution in [1.29, 1.82) is 0 Å². The summed E-state index contributed by atoms with van der Waals surface area (Å²) < 4.78 is 0. The Morgan fingerprint density at radius 2 is 1.74 bits per heavy atom. The van der Waals surface area contributed by atoms with E-state index < -0.39 is 0 Å². The van der Waals surface area contributed by atoms with Crippen LogP contribution in [0.5, 0.6) is 0 Å². The lowest BCUT2D eigenvalue weighted by Crippen LogP contribution is -2.53. The second kappa shape index (κ2) is 9.45. The molecule has 0 aromatic carbocycles. The summed E-state index contributed by atoms with van der Waals surface area (Å²) in [6.07, 6.45) is 6.09. The maximum absolute atomic E-state index is 11.9.